The maximum absolute atomic E-state index is 12.5. The molecule has 0 amide bonds. The van der Waals surface area contributed by atoms with E-state index in [1.54, 1.807) is 0 Å². The van der Waals surface area contributed by atoms with Crippen molar-refractivity contribution < 1.29 is 19.0 Å². The maximum Gasteiger partial charge on any atom is 0.123 e. The van der Waals surface area contributed by atoms with E-state index in [0.717, 1.165) is 0 Å². The van der Waals surface area contributed by atoms with Crippen molar-refractivity contribution in [3.63, 3.8) is 0 Å². The van der Waals surface area contributed by atoms with E-state index >= 15 is 0 Å². The third-order valence-corrected chi connectivity index (χ3v) is 1.75. The number of ether oxygens (including phenoxy) is 2. The highest BCUT2D eigenvalue weighted by Crippen LogP contribution is 2.11. The summed E-state index contributed by atoms with van der Waals surface area (Å²) in [5.41, 5.74) is 0. The van der Waals surface area contributed by atoms with Crippen LogP contribution in [0.1, 0.15) is 0 Å². The summed E-state index contributed by atoms with van der Waals surface area (Å²) in [5, 5.41) is 9.40. The van der Waals surface area contributed by atoms with Gasteiger partial charge in [-0.25, -0.2) is 4.39 Å². The van der Waals surface area contributed by atoms with E-state index in [2.05, 4.69) is 5.92 Å². The van der Waals surface area contributed by atoms with Gasteiger partial charge in [-0.3, -0.25) is 0 Å². The van der Waals surface area contributed by atoms with Crippen LogP contribution in [0.15, 0.2) is 24.3 Å². The minimum Gasteiger partial charge on any atom is -0.491 e. The molecule has 0 spiro atoms. The largest absolute Gasteiger partial charge is 0.491 e. The third-order valence-electron chi connectivity index (χ3n) is 1.75. The van der Waals surface area contributed by atoms with Crippen molar-refractivity contribution in [1.82, 2.24) is 0 Å². The van der Waals surface area contributed by atoms with Crippen molar-refractivity contribution >= 4 is 0 Å². The smallest absolute Gasteiger partial charge is 0.123 e. The van der Waals surface area contributed by atoms with Gasteiger partial charge >= 0.3 is 0 Å². The van der Waals surface area contributed by atoms with E-state index in [-0.39, 0.29) is 25.6 Å². The Morgan fingerprint density at radius 1 is 1.31 bits per heavy atom. The fraction of sp³-hybridized carbons (Fsp3) is 0.333. The summed E-state index contributed by atoms with van der Waals surface area (Å²) in [6.07, 6.45) is 4.22. The summed E-state index contributed by atoms with van der Waals surface area (Å²) in [6.45, 7) is 0.356. The predicted molar refractivity (Wildman–Crippen MR) is 57.6 cm³/mol. The summed E-state index contributed by atoms with van der Waals surface area (Å²) >= 11 is 0. The zero-order chi connectivity index (χ0) is 11.8. The summed E-state index contributed by atoms with van der Waals surface area (Å²) in [6, 6.07) is 5.56. The molecule has 86 valence electrons. The van der Waals surface area contributed by atoms with Crippen LogP contribution in [-0.2, 0) is 4.74 Å². The molecule has 0 heterocycles. The number of rotatable bonds is 6. The molecule has 16 heavy (non-hydrogen) atoms. The van der Waals surface area contributed by atoms with Crippen molar-refractivity contribution in [2.45, 2.75) is 6.10 Å². The SMILES string of the molecule is C#CCOCC(O)COc1ccc(F)cc1. The molecular formula is C12H13FO3. The summed E-state index contributed by atoms with van der Waals surface area (Å²) in [7, 11) is 0. The lowest BCUT2D eigenvalue weighted by Crippen LogP contribution is -2.23. The maximum atomic E-state index is 12.5. The molecule has 3 nitrogen and oxygen atoms in total. The first kappa shape index (κ1) is 12.5. The molecule has 0 saturated carbocycles. The first-order valence-corrected chi connectivity index (χ1v) is 4.80. The molecule has 0 bridgehead atoms. The van der Waals surface area contributed by atoms with E-state index < -0.39 is 6.10 Å². The lowest BCUT2D eigenvalue weighted by molar-refractivity contribution is 0.0228. The van der Waals surface area contributed by atoms with Crippen LogP contribution in [0.2, 0.25) is 0 Å². The quantitative estimate of drug-likeness (QED) is 0.583. The highest BCUT2D eigenvalue weighted by molar-refractivity contribution is 5.22. The molecule has 0 aliphatic rings. The lowest BCUT2D eigenvalue weighted by Gasteiger charge is -2.11. The van der Waals surface area contributed by atoms with E-state index in [4.69, 9.17) is 15.9 Å². The first-order valence-electron chi connectivity index (χ1n) is 4.80. The highest BCUT2D eigenvalue weighted by Gasteiger charge is 2.05. The van der Waals surface area contributed by atoms with Crippen LogP contribution in [0.5, 0.6) is 5.75 Å². The first-order chi connectivity index (χ1) is 7.72. The molecule has 1 N–H and O–H groups in total. The average Bonchev–Trinajstić information content (AvgIpc) is 2.29. The summed E-state index contributed by atoms with van der Waals surface area (Å²) in [4.78, 5) is 0. The molecular weight excluding hydrogens is 211 g/mol. The highest BCUT2D eigenvalue weighted by atomic mass is 19.1. The van der Waals surface area contributed by atoms with E-state index in [9.17, 15) is 9.50 Å². The fourth-order valence-corrected chi connectivity index (χ4v) is 1.03. The van der Waals surface area contributed by atoms with Crippen LogP contribution in [0.25, 0.3) is 0 Å². The Kier molecular flexibility index (Phi) is 5.34. The number of hydrogen-bond acceptors (Lipinski definition) is 3. The standard InChI is InChI=1S/C12H13FO3/c1-2-7-15-8-11(14)9-16-12-5-3-10(13)4-6-12/h1,3-6,11,14H,7-9H2. The van der Waals surface area contributed by atoms with Crippen LogP contribution in [0.4, 0.5) is 4.39 Å². The monoisotopic (exact) mass is 224 g/mol. The topological polar surface area (TPSA) is 38.7 Å². The Labute approximate surface area is 93.8 Å². The lowest BCUT2D eigenvalue weighted by atomic mass is 10.3. The molecule has 0 aromatic heterocycles. The second-order valence-corrected chi connectivity index (χ2v) is 3.14. The molecule has 1 aromatic rings. The summed E-state index contributed by atoms with van der Waals surface area (Å²) in [5.74, 6) is 2.46. The van der Waals surface area contributed by atoms with Crippen molar-refractivity contribution in [2.24, 2.45) is 0 Å². The van der Waals surface area contributed by atoms with Crippen molar-refractivity contribution in [3.05, 3.63) is 30.1 Å². The molecule has 1 atom stereocenters. The van der Waals surface area contributed by atoms with Gasteiger partial charge in [0.15, 0.2) is 0 Å². The Hall–Kier alpha value is -1.57. The van der Waals surface area contributed by atoms with Crippen LogP contribution >= 0.6 is 0 Å². The zero-order valence-corrected chi connectivity index (χ0v) is 8.73. The second-order valence-electron chi connectivity index (χ2n) is 3.14. The minimum atomic E-state index is -0.751. The Bertz CT molecular complexity index is 342. The molecule has 4 heteroatoms. The van der Waals surface area contributed by atoms with Crippen LogP contribution in [-0.4, -0.2) is 31.0 Å². The molecule has 1 aromatic carbocycles. The van der Waals surface area contributed by atoms with Gasteiger partial charge in [0.05, 0.1) is 6.61 Å². The van der Waals surface area contributed by atoms with Crippen LogP contribution < -0.4 is 4.74 Å². The number of halogens is 1. The normalized spacial score (nSPS) is 11.8. The molecule has 0 fully saturated rings. The van der Waals surface area contributed by atoms with E-state index in [1.807, 2.05) is 0 Å². The number of benzene rings is 1. The fourth-order valence-electron chi connectivity index (χ4n) is 1.03. The molecule has 0 aliphatic carbocycles. The molecule has 0 aliphatic heterocycles. The minimum absolute atomic E-state index is 0.0796. The van der Waals surface area contributed by atoms with E-state index in [0.29, 0.717) is 5.75 Å². The van der Waals surface area contributed by atoms with Gasteiger partial charge in [0.2, 0.25) is 0 Å². The molecule has 0 radical (unpaired) electrons. The van der Waals surface area contributed by atoms with Crippen LogP contribution in [0.3, 0.4) is 0 Å². The van der Waals surface area contributed by atoms with Gasteiger partial charge in [-0.15, -0.1) is 6.42 Å². The number of aliphatic hydroxyl groups excluding tert-OH is 1. The number of aliphatic hydroxyl groups is 1. The van der Waals surface area contributed by atoms with Crippen molar-refractivity contribution in [3.8, 4) is 18.1 Å². The summed E-state index contributed by atoms with van der Waals surface area (Å²) < 4.78 is 22.7. The molecule has 0 saturated heterocycles. The van der Waals surface area contributed by atoms with Gasteiger partial charge in [0.1, 0.15) is 30.9 Å². The molecule has 1 rings (SSSR count). The molecule has 1 unspecified atom stereocenters. The van der Waals surface area contributed by atoms with Gasteiger partial charge < -0.3 is 14.6 Å². The predicted octanol–water partition coefficient (Wildman–Crippen LogP) is 1.22. The van der Waals surface area contributed by atoms with Crippen molar-refractivity contribution in [2.75, 3.05) is 19.8 Å². The zero-order valence-electron chi connectivity index (χ0n) is 8.73. The van der Waals surface area contributed by atoms with Gasteiger partial charge in [-0.2, -0.15) is 0 Å². The Morgan fingerprint density at radius 3 is 2.62 bits per heavy atom. The van der Waals surface area contributed by atoms with E-state index in [1.165, 1.54) is 24.3 Å². The second kappa shape index (κ2) is 6.83. The van der Waals surface area contributed by atoms with Crippen molar-refractivity contribution in [1.29, 1.82) is 0 Å². The average molecular weight is 224 g/mol. The third kappa shape index (κ3) is 4.78. The Balaban J connectivity index is 2.23. The van der Waals surface area contributed by atoms with Gasteiger partial charge in [-0.1, -0.05) is 5.92 Å². The van der Waals surface area contributed by atoms with Gasteiger partial charge in [-0.05, 0) is 24.3 Å². The van der Waals surface area contributed by atoms with Crippen LogP contribution in [0, 0.1) is 18.2 Å². The Morgan fingerprint density at radius 2 is 2.00 bits per heavy atom. The number of terminal acetylenes is 1. The van der Waals surface area contributed by atoms with Gasteiger partial charge in [0, 0.05) is 0 Å². The van der Waals surface area contributed by atoms with Gasteiger partial charge in [0.25, 0.3) is 0 Å². The number of hydrogen-bond donors (Lipinski definition) is 1.